The van der Waals surface area contributed by atoms with Gasteiger partial charge in [0.2, 0.25) is 0 Å². The van der Waals surface area contributed by atoms with Crippen LogP contribution in [0.25, 0.3) is 6.08 Å². The number of ether oxygens (including phenoxy) is 1. The predicted octanol–water partition coefficient (Wildman–Crippen LogP) is 2.88. The van der Waals surface area contributed by atoms with E-state index >= 15 is 0 Å². The number of rotatable bonds is 3. The number of thiocarbonyl (C=S) groups is 1. The van der Waals surface area contributed by atoms with Crippen molar-refractivity contribution in [2.24, 2.45) is 0 Å². The van der Waals surface area contributed by atoms with Gasteiger partial charge in [0.1, 0.15) is 4.32 Å². The third-order valence-corrected chi connectivity index (χ3v) is 4.28. The summed E-state index contributed by atoms with van der Waals surface area (Å²) >= 11 is 8.17. The van der Waals surface area contributed by atoms with Gasteiger partial charge in [-0.25, -0.2) is 0 Å². The lowest BCUT2D eigenvalue weighted by Crippen LogP contribution is -2.17. The summed E-state index contributed by atoms with van der Waals surface area (Å²) in [5, 5.41) is 12.4. The zero-order valence-electron chi connectivity index (χ0n) is 9.90. The molecule has 0 radical (unpaired) electrons. The van der Waals surface area contributed by atoms with Gasteiger partial charge in [-0.3, -0.25) is 4.79 Å². The average molecular weight is 407 g/mol. The summed E-state index contributed by atoms with van der Waals surface area (Å²) in [6.45, 7) is 2.30. The molecule has 1 aromatic carbocycles. The van der Waals surface area contributed by atoms with E-state index in [9.17, 15) is 9.90 Å². The van der Waals surface area contributed by atoms with Crippen LogP contribution in [0.5, 0.6) is 11.5 Å². The van der Waals surface area contributed by atoms with Crippen LogP contribution in [-0.4, -0.2) is 21.9 Å². The summed E-state index contributed by atoms with van der Waals surface area (Å²) < 4.78 is 6.47. The van der Waals surface area contributed by atoms with Gasteiger partial charge in [0.05, 0.1) is 15.1 Å². The van der Waals surface area contributed by atoms with E-state index < -0.39 is 0 Å². The van der Waals surface area contributed by atoms with Crippen molar-refractivity contribution in [2.45, 2.75) is 6.92 Å². The zero-order chi connectivity index (χ0) is 14.0. The molecule has 1 amide bonds. The number of hydrogen-bond acceptors (Lipinski definition) is 5. The van der Waals surface area contributed by atoms with E-state index in [1.54, 1.807) is 18.2 Å². The van der Waals surface area contributed by atoms with Crippen LogP contribution < -0.4 is 10.1 Å². The van der Waals surface area contributed by atoms with E-state index in [1.165, 1.54) is 11.8 Å². The third kappa shape index (κ3) is 3.40. The molecule has 0 aromatic heterocycles. The number of halogens is 1. The summed E-state index contributed by atoms with van der Waals surface area (Å²) in [5.41, 5.74) is 0.785. The van der Waals surface area contributed by atoms with Crippen molar-refractivity contribution in [1.29, 1.82) is 0 Å². The van der Waals surface area contributed by atoms with E-state index in [-0.39, 0.29) is 11.7 Å². The number of phenols is 1. The second-order valence-electron chi connectivity index (χ2n) is 3.63. The summed E-state index contributed by atoms with van der Waals surface area (Å²) in [4.78, 5) is 12.1. The Bertz CT molecular complexity index is 587. The highest BCUT2D eigenvalue weighted by atomic mass is 127. The van der Waals surface area contributed by atoms with Crippen LogP contribution >= 0.6 is 46.6 Å². The van der Waals surface area contributed by atoms with Crippen LogP contribution in [0, 0.1) is 3.57 Å². The fourth-order valence-corrected chi connectivity index (χ4v) is 3.18. The first-order valence-corrected chi connectivity index (χ1v) is 7.71. The standard InChI is InChI=1S/C12H10INO3S2/c1-2-17-8-4-6(3-7(13)10(8)15)5-9-11(16)14-12(18)19-9/h3-5,15H,2H2,1H3,(H,14,16,18). The van der Waals surface area contributed by atoms with Crippen molar-refractivity contribution in [2.75, 3.05) is 6.61 Å². The first kappa shape index (κ1) is 14.6. The van der Waals surface area contributed by atoms with E-state index in [0.29, 0.717) is 25.2 Å². The van der Waals surface area contributed by atoms with Crippen molar-refractivity contribution < 1.29 is 14.6 Å². The number of amides is 1. The van der Waals surface area contributed by atoms with Crippen molar-refractivity contribution >= 4 is 62.9 Å². The van der Waals surface area contributed by atoms with Crippen molar-refractivity contribution in [3.05, 3.63) is 26.2 Å². The van der Waals surface area contributed by atoms with Gasteiger partial charge in [-0.2, -0.15) is 0 Å². The fraction of sp³-hybridized carbons (Fsp3) is 0.167. The second-order valence-corrected chi connectivity index (χ2v) is 6.52. The highest BCUT2D eigenvalue weighted by molar-refractivity contribution is 14.1. The molecule has 7 heteroatoms. The Kier molecular flexibility index (Phi) is 4.69. The number of carbonyl (C=O) groups excluding carboxylic acids is 1. The highest BCUT2D eigenvalue weighted by Crippen LogP contribution is 2.34. The molecule has 1 saturated heterocycles. The molecular formula is C12H10INO3S2. The topological polar surface area (TPSA) is 58.6 Å². The monoisotopic (exact) mass is 407 g/mol. The van der Waals surface area contributed by atoms with Gasteiger partial charge in [0.25, 0.3) is 5.91 Å². The summed E-state index contributed by atoms with van der Waals surface area (Å²) in [5.74, 6) is 0.326. The van der Waals surface area contributed by atoms with Crippen LogP contribution in [0.2, 0.25) is 0 Å². The molecule has 0 saturated carbocycles. The lowest BCUT2D eigenvalue weighted by atomic mass is 10.2. The molecule has 19 heavy (non-hydrogen) atoms. The SMILES string of the molecule is CCOc1cc(C=C2SC(=S)NC2=O)cc(I)c1O. The quantitative estimate of drug-likeness (QED) is 0.459. The van der Waals surface area contributed by atoms with Crippen LogP contribution in [-0.2, 0) is 4.79 Å². The number of carbonyl (C=O) groups is 1. The number of benzene rings is 1. The summed E-state index contributed by atoms with van der Waals surface area (Å²) in [6, 6.07) is 3.48. The first-order valence-electron chi connectivity index (χ1n) is 5.41. The maximum absolute atomic E-state index is 11.6. The lowest BCUT2D eigenvalue weighted by Gasteiger charge is -2.08. The third-order valence-electron chi connectivity index (χ3n) is 2.29. The molecule has 0 aliphatic carbocycles. The Morgan fingerprint density at radius 3 is 2.89 bits per heavy atom. The minimum Gasteiger partial charge on any atom is -0.504 e. The van der Waals surface area contributed by atoms with E-state index in [2.05, 4.69) is 5.32 Å². The summed E-state index contributed by atoms with van der Waals surface area (Å²) in [6.07, 6.45) is 1.73. The number of nitrogens with one attached hydrogen (secondary N) is 1. The minimum atomic E-state index is -0.198. The Balaban J connectivity index is 2.38. The predicted molar refractivity (Wildman–Crippen MR) is 88.3 cm³/mol. The maximum Gasteiger partial charge on any atom is 0.263 e. The second kappa shape index (κ2) is 6.10. The van der Waals surface area contributed by atoms with Gasteiger partial charge in [-0.15, -0.1) is 0 Å². The molecule has 0 atom stereocenters. The lowest BCUT2D eigenvalue weighted by molar-refractivity contribution is -0.115. The summed E-state index contributed by atoms with van der Waals surface area (Å²) in [7, 11) is 0. The van der Waals surface area contributed by atoms with Crippen molar-refractivity contribution in [3.8, 4) is 11.5 Å². The maximum atomic E-state index is 11.6. The van der Waals surface area contributed by atoms with Crippen LogP contribution in [0.15, 0.2) is 17.0 Å². The molecule has 1 aromatic rings. The smallest absolute Gasteiger partial charge is 0.263 e. The Morgan fingerprint density at radius 1 is 1.58 bits per heavy atom. The molecule has 4 nitrogen and oxygen atoms in total. The van der Waals surface area contributed by atoms with Crippen LogP contribution in [0.1, 0.15) is 12.5 Å². The van der Waals surface area contributed by atoms with Crippen LogP contribution in [0.3, 0.4) is 0 Å². The molecule has 1 aliphatic rings. The van der Waals surface area contributed by atoms with Gasteiger partial charge in [0.15, 0.2) is 11.5 Å². The number of hydrogen-bond donors (Lipinski definition) is 2. The molecule has 1 fully saturated rings. The molecule has 1 heterocycles. The molecular weight excluding hydrogens is 397 g/mol. The van der Waals surface area contributed by atoms with Crippen LogP contribution in [0.4, 0.5) is 0 Å². The van der Waals surface area contributed by atoms with Gasteiger partial charge in [0, 0.05) is 0 Å². The largest absolute Gasteiger partial charge is 0.504 e. The molecule has 100 valence electrons. The molecule has 2 N–H and O–H groups in total. The Morgan fingerprint density at radius 2 is 2.32 bits per heavy atom. The number of thioether (sulfide) groups is 1. The first-order chi connectivity index (χ1) is 9.01. The van der Waals surface area contributed by atoms with E-state index in [1.807, 2.05) is 29.5 Å². The Labute approximate surface area is 133 Å². The average Bonchev–Trinajstić information content (AvgIpc) is 2.64. The van der Waals surface area contributed by atoms with E-state index in [4.69, 9.17) is 17.0 Å². The minimum absolute atomic E-state index is 0.114. The van der Waals surface area contributed by atoms with Gasteiger partial charge < -0.3 is 15.2 Å². The van der Waals surface area contributed by atoms with Gasteiger partial charge in [-0.1, -0.05) is 24.0 Å². The molecule has 0 spiro atoms. The zero-order valence-corrected chi connectivity index (χ0v) is 13.7. The van der Waals surface area contributed by atoms with Gasteiger partial charge >= 0.3 is 0 Å². The van der Waals surface area contributed by atoms with Crippen molar-refractivity contribution in [1.82, 2.24) is 5.32 Å². The molecule has 2 rings (SSSR count). The molecule has 0 bridgehead atoms. The number of phenolic OH excluding ortho intramolecular Hbond substituents is 1. The van der Waals surface area contributed by atoms with Crippen molar-refractivity contribution in [3.63, 3.8) is 0 Å². The molecule has 0 unspecified atom stereocenters. The van der Waals surface area contributed by atoms with E-state index in [0.717, 1.165) is 5.56 Å². The normalized spacial score (nSPS) is 16.8. The fourth-order valence-electron chi connectivity index (χ4n) is 1.52. The highest BCUT2D eigenvalue weighted by Gasteiger charge is 2.22. The molecule has 1 aliphatic heterocycles. The number of aromatic hydroxyl groups is 1. The van der Waals surface area contributed by atoms with Gasteiger partial charge in [-0.05, 0) is 53.3 Å². The Hall–Kier alpha value is -0.800.